The van der Waals surface area contributed by atoms with Crippen molar-refractivity contribution in [3.8, 4) is 0 Å². The number of carbonyl (C=O) groups excluding carboxylic acids is 1. The lowest BCUT2D eigenvalue weighted by Gasteiger charge is -2.35. The molecule has 168 valence electrons. The van der Waals surface area contributed by atoms with Crippen molar-refractivity contribution < 1.29 is 17.9 Å². The van der Waals surface area contributed by atoms with Crippen molar-refractivity contribution in [3.63, 3.8) is 0 Å². The third-order valence-electron chi connectivity index (χ3n) is 5.91. The zero-order valence-electron chi connectivity index (χ0n) is 18.3. The third-order valence-corrected chi connectivity index (χ3v) is 7.82. The summed E-state index contributed by atoms with van der Waals surface area (Å²) in [7, 11) is -3.47. The van der Waals surface area contributed by atoms with Crippen LogP contribution in [0.4, 0.5) is 0 Å². The second kappa shape index (κ2) is 10.7. The standard InChI is InChI=1S/C22H35N3O4S/c1-19(2)9-10-23-11-13-24(14-12-23)22(26)8-5-20-3-6-21(7-4-20)30(27,28)25-15-17-29-18-16-25/h3-4,6-7,19H,5,8-18H2,1-2H3. The van der Waals surface area contributed by atoms with E-state index in [2.05, 4.69) is 18.7 Å². The fourth-order valence-corrected chi connectivity index (χ4v) is 5.24. The van der Waals surface area contributed by atoms with Gasteiger partial charge in [-0.3, -0.25) is 9.69 Å². The van der Waals surface area contributed by atoms with Crippen molar-refractivity contribution in [3.05, 3.63) is 29.8 Å². The van der Waals surface area contributed by atoms with Crippen LogP contribution in [0.5, 0.6) is 0 Å². The summed E-state index contributed by atoms with van der Waals surface area (Å²) in [5.74, 6) is 0.892. The summed E-state index contributed by atoms with van der Waals surface area (Å²) < 4.78 is 32.1. The van der Waals surface area contributed by atoms with Crippen molar-refractivity contribution in [2.75, 3.05) is 59.0 Å². The predicted molar refractivity (Wildman–Crippen MR) is 117 cm³/mol. The van der Waals surface area contributed by atoms with Crippen molar-refractivity contribution in [1.29, 1.82) is 0 Å². The molecule has 2 aliphatic rings. The molecule has 2 heterocycles. The molecule has 0 saturated carbocycles. The average Bonchev–Trinajstić information content (AvgIpc) is 2.77. The molecule has 0 N–H and O–H groups in total. The van der Waals surface area contributed by atoms with E-state index in [1.54, 1.807) is 12.1 Å². The van der Waals surface area contributed by atoms with Crippen LogP contribution in [0.3, 0.4) is 0 Å². The maximum absolute atomic E-state index is 12.7. The SMILES string of the molecule is CC(C)CCN1CCN(C(=O)CCc2ccc(S(=O)(=O)N3CCOCC3)cc2)CC1. The van der Waals surface area contributed by atoms with Crippen molar-refractivity contribution in [2.24, 2.45) is 5.92 Å². The van der Waals surface area contributed by atoms with Gasteiger partial charge < -0.3 is 9.64 Å². The second-order valence-corrected chi connectivity index (χ2v) is 10.5. The largest absolute Gasteiger partial charge is 0.379 e. The molecule has 2 aliphatic heterocycles. The number of sulfonamides is 1. The highest BCUT2D eigenvalue weighted by atomic mass is 32.2. The summed E-state index contributed by atoms with van der Waals surface area (Å²) in [5, 5.41) is 0. The van der Waals surface area contributed by atoms with Crippen LogP contribution in [0.25, 0.3) is 0 Å². The van der Waals surface area contributed by atoms with Gasteiger partial charge >= 0.3 is 0 Å². The van der Waals surface area contributed by atoms with Crippen LogP contribution >= 0.6 is 0 Å². The molecule has 7 nitrogen and oxygen atoms in total. The number of ether oxygens (including phenoxy) is 1. The fourth-order valence-electron chi connectivity index (χ4n) is 3.84. The van der Waals surface area contributed by atoms with E-state index in [0.717, 1.165) is 38.3 Å². The smallest absolute Gasteiger partial charge is 0.243 e. The van der Waals surface area contributed by atoms with E-state index in [0.29, 0.717) is 50.0 Å². The first kappa shape index (κ1) is 23.2. The summed E-state index contributed by atoms with van der Waals surface area (Å²) in [6.07, 6.45) is 2.29. The zero-order chi connectivity index (χ0) is 21.6. The Morgan fingerprint density at radius 2 is 1.63 bits per heavy atom. The lowest BCUT2D eigenvalue weighted by molar-refractivity contribution is -0.132. The minimum absolute atomic E-state index is 0.184. The van der Waals surface area contributed by atoms with Gasteiger partial charge in [-0.25, -0.2) is 8.42 Å². The van der Waals surface area contributed by atoms with E-state index in [9.17, 15) is 13.2 Å². The third kappa shape index (κ3) is 6.26. The van der Waals surface area contributed by atoms with E-state index in [4.69, 9.17) is 4.74 Å². The molecule has 0 spiro atoms. The molecule has 0 aliphatic carbocycles. The Morgan fingerprint density at radius 1 is 1.00 bits per heavy atom. The second-order valence-electron chi connectivity index (χ2n) is 8.57. The predicted octanol–water partition coefficient (Wildman–Crippen LogP) is 1.83. The van der Waals surface area contributed by atoms with Gasteiger partial charge in [-0.1, -0.05) is 26.0 Å². The summed E-state index contributed by atoms with van der Waals surface area (Å²) in [5.41, 5.74) is 0.986. The summed E-state index contributed by atoms with van der Waals surface area (Å²) >= 11 is 0. The topological polar surface area (TPSA) is 70.2 Å². The molecule has 0 aromatic heterocycles. The monoisotopic (exact) mass is 437 g/mol. The quantitative estimate of drug-likeness (QED) is 0.621. The van der Waals surface area contributed by atoms with Gasteiger partial charge in [0.2, 0.25) is 15.9 Å². The number of hydrogen-bond acceptors (Lipinski definition) is 5. The van der Waals surface area contributed by atoms with E-state index in [1.165, 1.54) is 10.7 Å². The van der Waals surface area contributed by atoms with Gasteiger partial charge in [0.15, 0.2) is 0 Å². The van der Waals surface area contributed by atoms with Gasteiger partial charge in [0.1, 0.15) is 0 Å². The molecule has 1 amide bonds. The maximum Gasteiger partial charge on any atom is 0.243 e. The van der Waals surface area contributed by atoms with Crippen LogP contribution in [-0.2, 0) is 26.0 Å². The molecular formula is C22H35N3O4S. The van der Waals surface area contributed by atoms with E-state index < -0.39 is 10.0 Å². The summed E-state index contributed by atoms with van der Waals surface area (Å²) in [6, 6.07) is 6.95. The molecule has 1 aromatic rings. The Labute approximate surface area is 181 Å². The molecule has 0 atom stereocenters. The lowest BCUT2D eigenvalue weighted by atomic mass is 10.1. The Bertz CT molecular complexity index is 781. The fraction of sp³-hybridized carbons (Fsp3) is 0.682. The minimum Gasteiger partial charge on any atom is -0.379 e. The van der Waals surface area contributed by atoms with Crippen molar-refractivity contribution in [2.45, 2.75) is 38.0 Å². The number of piperazine rings is 1. The van der Waals surface area contributed by atoms with Crippen LogP contribution in [0.15, 0.2) is 29.2 Å². The van der Waals surface area contributed by atoms with E-state index >= 15 is 0 Å². The van der Waals surface area contributed by atoms with E-state index in [1.807, 2.05) is 17.0 Å². The minimum atomic E-state index is -3.47. The van der Waals surface area contributed by atoms with Gasteiger partial charge in [0.05, 0.1) is 18.1 Å². The molecule has 2 fully saturated rings. The molecule has 3 rings (SSSR count). The zero-order valence-corrected chi connectivity index (χ0v) is 19.1. The first-order valence-corrected chi connectivity index (χ1v) is 12.5. The first-order chi connectivity index (χ1) is 14.4. The number of amides is 1. The first-order valence-electron chi connectivity index (χ1n) is 11.0. The number of aryl methyl sites for hydroxylation is 1. The molecule has 0 radical (unpaired) electrons. The van der Waals surface area contributed by atoms with Gasteiger partial charge in [-0.05, 0) is 43.0 Å². The number of hydrogen-bond donors (Lipinski definition) is 0. The number of rotatable bonds is 8. The summed E-state index contributed by atoms with van der Waals surface area (Å²) in [4.78, 5) is 17.3. The normalized spacial score (nSPS) is 19.4. The molecule has 8 heteroatoms. The van der Waals surface area contributed by atoms with Gasteiger partial charge in [0.25, 0.3) is 0 Å². The van der Waals surface area contributed by atoms with Crippen molar-refractivity contribution >= 4 is 15.9 Å². The molecule has 30 heavy (non-hydrogen) atoms. The number of carbonyl (C=O) groups is 1. The van der Waals surface area contributed by atoms with Gasteiger partial charge in [-0.15, -0.1) is 0 Å². The number of benzene rings is 1. The Balaban J connectivity index is 1.45. The highest BCUT2D eigenvalue weighted by Crippen LogP contribution is 2.18. The van der Waals surface area contributed by atoms with Crippen LogP contribution in [0.1, 0.15) is 32.3 Å². The summed E-state index contributed by atoms with van der Waals surface area (Å²) in [6.45, 7) is 10.7. The Hall–Kier alpha value is -1.48. The van der Waals surface area contributed by atoms with Crippen LogP contribution in [0, 0.1) is 5.92 Å². The van der Waals surface area contributed by atoms with Crippen LogP contribution in [-0.4, -0.2) is 87.5 Å². The number of morpholine rings is 1. The Kier molecular flexibility index (Phi) is 8.27. The molecule has 0 unspecified atom stereocenters. The van der Waals surface area contributed by atoms with Gasteiger partial charge in [0, 0.05) is 45.7 Å². The van der Waals surface area contributed by atoms with Crippen LogP contribution in [0.2, 0.25) is 0 Å². The highest BCUT2D eigenvalue weighted by molar-refractivity contribution is 7.89. The van der Waals surface area contributed by atoms with Gasteiger partial charge in [-0.2, -0.15) is 4.31 Å². The molecule has 0 bridgehead atoms. The average molecular weight is 438 g/mol. The molecule has 1 aromatic carbocycles. The maximum atomic E-state index is 12.7. The van der Waals surface area contributed by atoms with Crippen LogP contribution < -0.4 is 0 Å². The molecule has 2 saturated heterocycles. The Morgan fingerprint density at radius 3 is 2.23 bits per heavy atom. The lowest BCUT2D eigenvalue weighted by Crippen LogP contribution is -2.49. The van der Waals surface area contributed by atoms with E-state index in [-0.39, 0.29) is 5.91 Å². The molecular weight excluding hydrogens is 402 g/mol. The number of nitrogens with zero attached hydrogens (tertiary/aromatic N) is 3. The highest BCUT2D eigenvalue weighted by Gasteiger charge is 2.26. The van der Waals surface area contributed by atoms with Crippen molar-refractivity contribution in [1.82, 2.24) is 14.1 Å².